The molecular formula is C16H15ClN2O2. The van der Waals surface area contributed by atoms with Gasteiger partial charge in [-0.15, -0.1) is 0 Å². The second-order valence-corrected chi connectivity index (χ2v) is 4.68. The van der Waals surface area contributed by atoms with Crippen molar-refractivity contribution in [2.75, 3.05) is 11.9 Å². The number of nitrogens with two attached hydrogens (primary N) is 1. The summed E-state index contributed by atoms with van der Waals surface area (Å²) in [5, 5.41) is 3.26. The number of carbonyl (C=O) groups is 1. The molecule has 0 aliphatic carbocycles. The zero-order valence-electron chi connectivity index (χ0n) is 11.6. The molecule has 0 bridgehead atoms. The van der Waals surface area contributed by atoms with E-state index in [-0.39, 0.29) is 18.2 Å². The molecule has 1 heterocycles. The lowest BCUT2D eigenvalue weighted by Crippen LogP contribution is -2.11. The molecule has 1 amide bonds. The maximum Gasteiger partial charge on any atom is 0.291 e. The van der Waals surface area contributed by atoms with Crippen LogP contribution in [0, 0.1) is 11.8 Å². The lowest BCUT2D eigenvalue weighted by molar-refractivity contribution is 0.0995. The van der Waals surface area contributed by atoms with Crippen molar-refractivity contribution >= 4 is 23.2 Å². The van der Waals surface area contributed by atoms with Crippen LogP contribution in [-0.4, -0.2) is 12.5 Å². The molecule has 0 fully saturated rings. The van der Waals surface area contributed by atoms with E-state index in [0.717, 1.165) is 12.2 Å². The molecule has 0 saturated carbocycles. The van der Waals surface area contributed by atoms with Gasteiger partial charge in [0.25, 0.3) is 5.91 Å². The first-order valence-corrected chi connectivity index (χ1v) is 6.90. The Morgan fingerprint density at radius 2 is 2.19 bits per heavy atom. The minimum atomic E-state index is -0.310. The number of hydrogen-bond donors (Lipinski definition) is 2. The average molecular weight is 303 g/mol. The van der Waals surface area contributed by atoms with Crippen molar-refractivity contribution in [2.24, 2.45) is 5.73 Å². The number of halogens is 1. The van der Waals surface area contributed by atoms with Crippen LogP contribution in [0.2, 0.25) is 5.02 Å². The van der Waals surface area contributed by atoms with E-state index in [1.54, 1.807) is 30.3 Å². The molecular weight excluding hydrogens is 288 g/mol. The predicted molar refractivity (Wildman–Crippen MR) is 83.4 cm³/mol. The molecule has 0 radical (unpaired) electrons. The van der Waals surface area contributed by atoms with Gasteiger partial charge in [-0.25, -0.2) is 0 Å². The Morgan fingerprint density at radius 1 is 1.38 bits per heavy atom. The Hall–Kier alpha value is -2.22. The van der Waals surface area contributed by atoms with Gasteiger partial charge in [-0.1, -0.05) is 30.4 Å². The molecule has 21 heavy (non-hydrogen) atoms. The Kier molecular flexibility index (Phi) is 5.04. The van der Waals surface area contributed by atoms with E-state index in [1.165, 1.54) is 0 Å². The molecule has 108 valence electrons. The molecule has 0 spiro atoms. The molecule has 3 N–H and O–H groups in total. The largest absolute Gasteiger partial charge is 0.456 e. The standard InChI is InChI=1S/C16H15ClN2O2/c1-2-13-6-8-15(21-13)16(20)19-12-5-7-14(17)11(10-12)4-3-9-18/h5-8,10H,2,9,18H2,1H3,(H,19,20). The highest BCUT2D eigenvalue weighted by Crippen LogP contribution is 2.20. The third kappa shape index (κ3) is 3.88. The van der Waals surface area contributed by atoms with E-state index in [2.05, 4.69) is 17.2 Å². The fourth-order valence-electron chi connectivity index (χ4n) is 1.73. The van der Waals surface area contributed by atoms with Crippen molar-refractivity contribution in [1.82, 2.24) is 0 Å². The zero-order chi connectivity index (χ0) is 15.2. The van der Waals surface area contributed by atoms with Crippen LogP contribution in [0.1, 0.15) is 28.8 Å². The predicted octanol–water partition coefficient (Wildman–Crippen LogP) is 3.06. The van der Waals surface area contributed by atoms with E-state index in [0.29, 0.717) is 16.3 Å². The van der Waals surface area contributed by atoms with Crippen LogP contribution in [-0.2, 0) is 6.42 Å². The molecule has 0 saturated heterocycles. The summed E-state index contributed by atoms with van der Waals surface area (Å²) in [4.78, 5) is 12.1. The van der Waals surface area contributed by atoms with Crippen molar-refractivity contribution in [3.8, 4) is 11.8 Å². The Balaban J connectivity index is 2.17. The lowest BCUT2D eigenvalue weighted by Gasteiger charge is -2.05. The van der Waals surface area contributed by atoms with Gasteiger partial charge >= 0.3 is 0 Å². The topological polar surface area (TPSA) is 68.3 Å². The summed E-state index contributed by atoms with van der Waals surface area (Å²) in [6.07, 6.45) is 0.743. The highest BCUT2D eigenvalue weighted by atomic mass is 35.5. The number of aryl methyl sites for hydroxylation is 1. The van der Waals surface area contributed by atoms with Crippen molar-refractivity contribution in [1.29, 1.82) is 0 Å². The van der Waals surface area contributed by atoms with Gasteiger partial charge in [0, 0.05) is 17.7 Å². The SMILES string of the molecule is CCc1ccc(C(=O)Nc2ccc(Cl)c(C#CCN)c2)o1. The fourth-order valence-corrected chi connectivity index (χ4v) is 1.89. The molecule has 0 aliphatic rings. The third-order valence-electron chi connectivity index (χ3n) is 2.78. The molecule has 0 aliphatic heterocycles. The van der Waals surface area contributed by atoms with Gasteiger partial charge in [-0.2, -0.15) is 0 Å². The van der Waals surface area contributed by atoms with Crippen molar-refractivity contribution in [2.45, 2.75) is 13.3 Å². The van der Waals surface area contributed by atoms with E-state index >= 15 is 0 Å². The Morgan fingerprint density at radius 3 is 2.86 bits per heavy atom. The third-order valence-corrected chi connectivity index (χ3v) is 3.11. The second kappa shape index (κ2) is 6.98. The van der Waals surface area contributed by atoms with E-state index in [1.807, 2.05) is 6.92 Å². The second-order valence-electron chi connectivity index (χ2n) is 4.27. The molecule has 2 aromatic rings. The minimum Gasteiger partial charge on any atom is -0.456 e. The Bertz CT molecular complexity index is 711. The lowest BCUT2D eigenvalue weighted by atomic mass is 10.2. The van der Waals surface area contributed by atoms with Crippen LogP contribution in [0.3, 0.4) is 0 Å². The normalized spacial score (nSPS) is 9.86. The van der Waals surface area contributed by atoms with Gasteiger partial charge in [0.2, 0.25) is 0 Å². The van der Waals surface area contributed by atoms with Crippen LogP contribution >= 0.6 is 11.6 Å². The van der Waals surface area contributed by atoms with Crippen molar-refractivity contribution in [3.05, 3.63) is 52.4 Å². The summed E-state index contributed by atoms with van der Waals surface area (Å²) < 4.78 is 5.40. The van der Waals surface area contributed by atoms with Gasteiger partial charge in [0.1, 0.15) is 5.76 Å². The first-order chi connectivity index (χ1) is 10.1. The molecule has 4 nitrogen and oxygen atoms in total. The summed E-state index contributed by atoms with van der Waals surface area (Å²) in [7, 11) is 0. The van der Waals surface area contributed by atoms with E-state index in [9.17, 15) is 4.79 Å². The van der Waals surface area contributed by atoms with Crippen LogP contribution in [0.15, 0.2) is 34.7 Å². The first kappa shape index (κ1) is 15.2. The molecule has 1 aromatic heterocycles. The number of anilines is 1. The maximum atomic E-state index is 12.1. The van der Waals surface area contributed by atoms with E-state index < -0.39 is 0 Å². The van der Waals surface area contributed by atoms with Gasteiger partial charge in [-0.05, 0) is 30.3 Å². The number of carbonyl (C=O) groups excluding carboxylic acids is 1. The van der Waals surface area contributed by atoms with Gasteiger partial charge in [0.05, 0.1) is 11.6 Å². The number of furan rings is 1. The maximum absolute atomic E-state index is 12.1. The van der Waals surface area contributed by atoms with Crippen LogP contribution in [0.4, 0.5) is 5.69 Å². The number of amides is 1. The van der Waals surface area contributed by atoms with Crippen LogP contribution < -0.4 is 11.1 Å². The summed E-state index contributed by atoms with van der Waals surface area (Å²) in [5.74, 6) is 6.32. The van der Waals surface area contributed by atoms with Crippen LogP contribution in [0.25, 0.3) is 0 Å². The highest BCUT2D eigenvalue weighted by Gasteiger charge is 2.11. The number of hydrogen-bond acceptors (Lipinski definition) is 3. The van der Waals surface area contributed by atoms with Gasteiger partial charge in [0.15, 0.2) is 5.76 Å². The fraction of sp³-hybridized carbons (Fsp3) is 0.188. The summed E-state index contributed by atoms with van der Waals surface area (Å²) in [5.41, 5.74) is 6.55. The Labute approximate surface area is 128 Å². The number of nitrogens with one attached hydrogen (secondary N) is 1. The summed E-state index contributed by atoms with van der Waals surface area (Å²) in [6, 6.07) is 8.52. The monoisotopic (exact) mass is 302 g/mol. The quantitative estimate of drug-likeness (QED) is 0.856. The molecule has 1 aromatic carbocycles. The summed E-state index contributed by atoms with van der Waals surface area (Å²) in [6.45, 7) is 2.21. The summed E-state index contributed by atoms with van der Waals surface area (Å²) >= 11 is 6.03. The zero-order valence-corrected chi connectivity index (χ0v) is 12.3. The first-order valence-electron chi connectivity index (χ1n) is 6.52. The van der Waals surface area contributed by atoms with E-state index in [4.69, 9.17) is 21.8 Å². The molecule has 2 rings (SSSR count). The number of benzene rings is 1. The average Bonchev–Trinajstić information content (AvgIpc) is 2.97. The highest BCUT2D eigenvalue weighted by molar-refractivity contribution is 6.31. The minimum absolute atomic E-state index is 0.249. The number of rotatable bonds is 3. The molecule has 0 atom stereocenters. The van der Waals surface area contributed by atoms with Crippen LogP contribution in [0.5, 0.6) is 0 Å². The smallest absolute Gasteiger partial charge is 0.291 e. The molecule has 0 unspecified atom stereocenters. The molecule has 5 heteroatoms. The van der Waals surface area contributed by atoms with Gasteiger partial charge < -0.3 is 15.5 Å². The van der Waals surface area contributed by atoms with Crippen molar-refractivity contribution in [3.63, 3.8) is 0 Å². The van der Waals surface area contributed by atoms with Gasteiger partial charge in [-0.3, -0.25) is 4.79 Å². The van der Waals surface area contributed by atoms with Crippen molar-refractivity contribution < 1.29 is 9.21 Å².